The van der Waals surface area contributed by atoms with Crippen LogP contribution in [0.25, 0.3) is 0 Å². The van der Waals surface area contributed by atoms with E-state index in [4.69, 9.17) is 5.11 Å². The van der Waals surface area contributed by atoms with Gasteiger partial charge in [-0.1, -0.05) is 11.6 Å². The molecule has 2 atom stereocenters. The van der Waals surface area contributed by atoms with Crippen LogP contribution < -0.4 is 5.32 Å². The monoisotopic (exact) mass is 265 g/mol. The number of hydrogen-bond acceptors (Lipinski definition) is 2. The lowest BCUT2D eigenvalue weighted by atomic mass is 10.1. The van der Waals surface area contributed by atoms with Gasteiger partial charge in [0.1, 0.15) is 5.82 Å². The molecule has 0 aliphatic heterocycles. The SMILES string of the molecule is Cc1ccc(F)c(C(=O)NC2CCC(C(=O)O)C2)c1. The van der Waals surface area contributed by atoms with Crippen molar-refractivity contribution in [2.45, 2.75) is 32.2 Å². The van der Waals surface area contributed by atoms with Crippen LogP contribution in [0.5, 0.6) is 0 Å². The molecule has 4 nitrogen and oxygen atoms in total. The molecule has 0 saturated heterocycles. The Hall–Kier alpha value is -1.91. The predicted molar refractivity (Wildman–Crippen MR) is 67.4 cm³/mol. The summed E-state index contributed by atoms with van der Waals surface area (Å²) in [6.45, 7) is 1.78. The van der Waals surface area contributed by atoms with Crippen molar-refractivity contribution in [1.29, 1.82) is 0 Å². The minimum atomic E-state index is -0.835. The van der Waals surface area contributed by atoms with Crippen LogP contribution in [-0.2, 0) is 4.79 Å². The van der Waals surface area contributed by atoms with Crippen molar-refractivity contribution in [3.8, 4) is 0 Å². The van der Waals surface area contributed by atoms with Gasteiger partial charge in [0.05, 0.1) is 11.5 Å². The van der Waals surface area contributed by atoms with Gasteiger partial charge in [-0.15, -0.1) is 0 Å². The molecule has 1 aliphatic rings. The quantitative estimate of drug-likeness (QED) is 0.879. The minimum Gasteiger partial charge on any atom is -0.481 e. The van der Waals surface area contributed by atoms with Crippen LogP contribution in [0.4, 0.5) is 4.39 Å². The number of hydrogen-bond donors (Lipinski definition) is 2. The Bertz CT molecular complexity index is 515. The lowest BCUT2D eigenvalue weighted by Crippen LogP contribution is -2.33. The number of aliphatic carboxylic acids is 1. The summed E-state index contributed by atoms with van der Waals surface area (Å²) in [6.07, 6.45) is 1.58. The molecule has 0 aromatic heterocycles. The standard InChI is InChI=1S/C14H16FNO3/c1-8-2-5-12(15)11(6-8)13(17)16-10-4-3-9(7-10)14(18)19/h2,5-6,9-10H,3-4,7H2,1H3,(H,16,17)(H,18,19). The van der Waals surface area contributed by atoms with E-state index in [0.717, 1.165) is 5.56 Å². The summed E-state index contributed by atoms with van der Waals surface area (Å²) in [5, 5.41) is 11.6. The molecule has 0 radical (unpaired) electrons. The van der Waals surface area contributed by atoms with Crippen molar-refractivity contribution in [1.82, 2.24) is 5.32 Å². The van der Waals surface area contributed by atoms with E-state index in [0.29, 0.717) is 19.3 Å². The van der Waals surface area contributed by atoms with E-state index >= 15 is 0 Å². The van der Waals surface area contributed by atoms with E-state index in [1.165, 1.54) is 12.1 Å². The molecule has 1 aromatic rings. The average Bonchev–Trinajstić information content (AvgIpc) is 2.80. The summed E-state index contributed by atoms with van der Waals surface area (Å²) >= 11 is 0. The predicted octanol–water partition coefficient (Wildman–Crippen LogP) is 2.12. The Morgan fingerprint density at radius 1 is 1.37 bits per heavy atom. The molecule has 1 aromatic carbocycles. The Morgan fingerprint density at radius 3 is 2.74 bits per heavy atom. The molecule has 2 unspecified atom stereocenters. The fourth-order valence-corrected chi connectivity index (χ4v) is 2.41. The number of carbonyl (C=O) groups is 2. The van der Waals surface area contributed by atoms with Gasteiger partial charge in [0.2, 0.25) is 0 Å². The van der Waals surface area contributed by atoms with Crippen LogP contribution in [-0.4, -0.2) is 23.0 Å². The van der Waals surface area contributed by atoms with Crippen LogP contribution in [0.2, 0.25) is 0 Å². The highest BCUT2D eigenvalue weighted by atomic mass is 19.1. The Morgan fingerprint density at radius 2 is 2.11 bits per heavy atom. The normalized spacial score (nSPS) is 22.2. The third-order valence-corrected chi connectivity index (χ3v) is 3.48. The topological polar surface area (TPSA) is 66.4 Å². The van der Waals surface area contributed by atoms with Crippen LogP contribution in [0, 0.1) is 18.7 Å². The van der Waals surface area contributed by atoms with Gasteiger partial charge in [-0.25, -0.2) is 4.39 Å². The van der Waals surface area contributed by atoms with E-state index in [1.807, 2.05) is 0 Å². The summed E-state index contributed by atoms with van der Waals surface area (Å²) in [6, 6.07) is 4.17. The number of carbonyl (C=O) groups excluding carboxylic acids is 1. The largest absolute Gasteiger partial charge is 0.481 e. The van der Waals surface area contributed by atoms with Crippen LogP contribution in [0.3, 0.4) is 0 Å². The summed E-state index contributed by atoms with van der Waals surface area (Å²) in [4.78, 5) is 22.8. The minimum absolute atomic E-state index is 0.0128. The number of nitrogens with one attached hydrogen (secondary N) is 1. The molecule has 1 fully saturated rings. The first-order valence-electron chi connectivity index (χ1n) is 6.27. The second-order valence-electron chi connectivity index (χ2n) is 5.00. The maximum absolute atomic E-state index is 13.5. The van der Waals surface area contributed by atoms with Gasteiger partial charge in [0.15, 0.2) is 0 Å². The molecule has 1 amide bonds. The number of carboxylic acids is 1. The highest BCUT2D eigenvalue weighted by Crippen LogP contribution is 2.26. The Labute approximate surface area is 110 Å². The van der Waals surface area contributed by atoms with Crippen LogP contribution >= 0.6 is 0 Å². The summed E-state index contributed by atoms with van der Waals surface area (Å²) < 4.78 is 13.5. The van der Waals surface area contributed by atoms with Gasteiger partial charge >= 0.3 is 5.97 Å². The molecule has 0 bridgehead atoms. The van der Waals surface area contributed by atoms with Gasteiger partial charge < -0.3 is 10.4 Å². The molecule has 0 heterocycles. The maximum atomic E-state index is 13.5. The van der Waals surface area contributed by atoms with E-state index in [-0.39, 0.29) is 11.6 Å². The van der Waals surface area contributed by atoms with Gasteiger partial charge in [0.25, 0.3) is 5.91 Å². The zero-order valence-electron chi connectivity index (χ0n) is 10.6. The molecule has 1 aliphatic carbocycles. The van der Waals surface area contributed by atoms with Gasteiger partial charge in [-0.3, -0.25) is 9.59 Å². The summed E-state index contributed by atoms with van der Waals surface area (Å²) in [5.41, 5.74) is 0.820. The number of aryl methyl sites for hydroxylation is 1. The number of amides is 1. The fraction of sp³-hybridized carbons (Fsp3) is 0.429. The highest BCUT2D eigenvalue weighted by molar-refractivity contribution is 5.94. The van der Waals surface area contributed by atoms with E-state index in [1.54, 1.807) is 13.0 Å². The summed E-state index contributed by atoms with van der Waals surface area (Å²) in [5.74, 6) is -2.28. The number of benzene rings is 1. The van der Waals surface area contributed by atoms with Crippen molar-refractivity contribution >= 4 is 11.9 Å². The molecule has 0 spiro atoms. The van der Waals surface area contributed by atoms with E-state index < -0.39 is 23.6 Å². The third-order valence-electron chi connectivity index (χ3n) is 3.48. The first-order valence-corrected chi connectivity index (χ1v) is 6.27. The van der Waals surface area contributed by atoms with Crippen LogP contribution in [0.15, 0.2) is 18.2 Å². The zero-order valence-corrected chi connectivity index (χ0v) is 10.6. The van der Waals surface area contributed by atoms with E-state index in [2.05, 4.69) is 5.32 Å². The first kappa shape index (κ1) is 13.5. The molecule has 1 saturated carbocycles. The van der Waals surface area contributed by atoms with E-state index in [9.17, 15) is 14.0 Å². The van der Waals surface area contributed by atoms with Crippen molar-refractivity contribution in [2.75, 3.05) is 0 Å². The maximum Gasteiger partial charge on any atom is 0.306 e. The lowest BCUT2D eigenvalue weighted by Gasteiger charge is -2.13. The zero-order chi connectivity index (χ0) is 14.0. The van der Waals surface area contributed by atoms with Gasteiger partial charge in [0, 0.05) is 6.04 Å². The van der Waals surface area contributed by atoms with Crippen molar-refractivity contribution < 1.29 is 19.1 Å². The van der Waals surface area contributed by atoms with Crippen molar-refractivity contribution in [3.63, 3.8) is 0 Å². The highest BCUT2D eigenvalue weighted by Gasteiger charge is 2.31. The molecular weight excluding hydrogens is 249 g/mol. The first-order chi connectivity index (χ1) is 8.97. The molecule has 2 N–H and O–H groups in total. The number of carboxylic acid groups (broad SMARTS) is 1. The average molecular weight is 265 g/mol. The fourth-order valence-electron chi connectivity index (χ4n) is 2.41. The second kappa shape index (κ2) is 5.38. The third kappa shape index (κ3) is 3.10. The Kier molecular flexibility index (Phi) is 3.83. The Balaban J connectivity index is 2.02. The molecule has 102 valence electrons. The molecule has 2 rings (SSSR count). The molecular formula is C14H16FNO3. The van der Waals surface area contributed by atoms with Crippen molar-refractivity contribution in [2.24, 2.45) is 5.92 Å². The summed E-state index contributed by atoms with van der Waals surface area (Å²) in [7, 11) is 0. The second-order valence-corrected chi connectivity index (χ2v) is 5.00. The molecule has 5 heteroatoms. The molecule has 19 heavy (non-hydrogen) atoms. The van der Waals surface area contributed by atoms with Crippen molar-refractivity contribution in [3.05, 3.63) is 35.1 Å². The lowest BCUT2D eigenvalue weighted by molar-refractivity contribution is -0.141. The number of rotatable bonds is 3. The van der Waals surface area contributed by atoms with Crippen LogP contribution in [0.1, 0.15) is 35.2 Å². The van der Waals surface area contributed by atoms with Gasteiger partial charge in [-0.2, -0.15) is 0 Å². The van der Waals surface area contributed by atoms with Gasteiger partial charge in [-0.05, 0) is 38.3 Å². The number of halogens is 1. The smallest absolute Gasteiger partial charge is 0.306 e.